The first kappa shape index (κ1) is 21.4. The van der Waals surface area contributed by atoms with Gasteiger partial charge in [-0.05, 0) is 47.5 Å². The molecule has 0 bridgehead atoms. The van der Waals surface area contributed by atoms with Crippen LogP contribution in [0.5, 0.6) is 17.2 Å². The molecule has 4 rings (SSSR count). The van der Waals surface area contributed by atoms with Gasteiger partial charge < -0.3 is 14.2 Å². The molecule has 4 aromatic rings. The van der Waals surface area contributed by atoms with Crippen LogP contribution in [0.4, 0.5) is 5.13 Å². The molecule has 0 spiro atoms. The van der Waals surface area contributed by atoms with Crippen molar-refractivity contribution < 1.29 is 19.0 Å². The van der Waals surface area contributed by atoms with E-state index in [4.69, 9.17) is 14.2 Å². The van der Waals surface area contributed by atoms with E-state index in [2.05, 4.69) is 10.3 Å². The minimum atomic E-state index is -0.264. The van der Waals surface area contributed by atoms with E-state index in [0.29, 0.717) is 23.2 Å². The molecule has 1 heterocycles. The van der Waals surface area contributed by atoms with Crippen molar-refractivity contribution in [3.8, 4) is 17.2 Å². The number of aromatic nitrogens is 1. The quantitative estimate of drug-likeness (QED) is 0.360. The smallest absolute Gasteiger partial charge is 0.250 e. The molecule has 0 radical (unpaired) electrons. The van der Waals surface area contributed by atoms with Crippen LogP contribution >= 0.6 is 11.3 Å². The largest absolute Gasteiger partial charge is 0.497 e. The highest BCUT2D eigenvalue weighted by molar-refractivity contribution is 7.22. The van der Waals surface area contributed by atoms with E-state index >= 15 is 0 Å². The predicted octanol–water partition coefficient (Wildman–Crippen LogP) is 5.54. The highest BCUT2D eigenvalue weighted by atomic mass is 32.1. The van der Waals surface area contributed by atoms with Crippen LogP contribution in [0.1, 0.15) is 11.1 Å². The number of rotatable bonds is 8. The molecular weight excluding hydrogens is 424 g/mol. The van der Waals surface area contributed by atoms with E-state index in [1.807, 2.05) is 66.7 Å². The van der Waals surface area contributed by atoms with Crippen molar-refractivity contribution in [2.24, 2.45) is 0 Å². The number of nitrogens with zero attached hydrogens (tertiary/aromatic N) is 1. The summed E-state index contributed by atoms with van der Waals surface area (Å²) >= 11 is 1.39. The average Bonchev–Trinajstić information content (AvgIpc) is 3.23. The first-order valence-electron chi connectivity index (χ1n) is 9.93. The van der Waals surface area contributed by atoms with Crippen LogP contribution < -0.4 is 19.5 Å². The number of hydrogen-bond donors (Lipinski definition) is 1. The second-order valence-electron chi connectivity index (χ2n) is 6.86. The molecule has 0 atom stereocenters. The van der Waals surface area contributed by atoms with Gasteiger partial charge in [-0.1, -0.05) is 47.7 Å². The van der Waals surface area contributed by atoms with Crippen LogP contribution in [0.15, 0.2) is 72.8 Å². The predicted molar refractivity (Wildman–Crippen MR) is 128 cm³/mol. The molecular formula is C25H22N2O4S. The number of benzene rings is 3. The number of carbonyl (C=O) groups excluding carboxylic acids is 1. The summed E-state index contributed by atoms with van der Waals surface area (Å²) in [5.74, 6) is 1.73. The van der Waals surface area contributed by atoms with Crippen LogP contribution in [0.25, 0.3) is 16.3 Å². The number of carbonyl (C=O) groups is 1. The van der Waals surface area contributed by atoms with Crippen molar-refractivity contribution in [1.29, 1.82) is 0 Å². The van der Waals surface area contributed by atoms with Gasteiger partial charge in [-0.3, -0.25) is 10.1 Å². The van der Waals surface area contributed by atoms with Gasteiger partial charge in [-0.2, -0.15) is 0 Å². The van der Waals surface area contributed by atoms with Gasteiger partial charge in [-0.25, -0.2) is 4.98 Å². The molecule has 1 amide bonds. The fourth-order valence-corrected chi connectivity index (χ4v) is 3.94. The van der Waals surface area contributed by atoms with Gasteiger partial charge in [0.15, 0.2) is 16.6 Å². The Labute approximate surface area is 190 Å². The molecule has 7 heteroatoms. The van der Waals surface area contributed by atoms with Crippen molar-refractivity contribution in [2.45, 2.75) is 6.61 Å². The van der Waals surface area contributed by atoms with E-state index < -0.39 is 0 Å². The Morgan fingerprint density at radius 1 is 1.00 bits per heavy atom. The van der Waals surface area contributed by atoms with Crippen molar-refractivity contribution >= 4 is 38.7 Å². The van der Waals surface area contributed by atoms with Crippen LogP contribution in [-0.2, 0) is 11.4 Å². The van der Waals surface area contributed by atoms with E-state index in [9.17, 15) is 4.79 Å². The Kier molecular flexibility index (Phi) is 6.67. The summed E-state index contributed by atoms with van der Waals surface area (Å²) in [5, 5.41) is 3.33. The van der Waals surface area contributed by atoms with Gasteiger partial charge in [0.25, 0.3) is 0 Å². The number of methoxy groups -OCH3 is 2. The molecule has 162 valence electrons. The maximum atomic E-state index is 12.4. The highest BCUT2D eigenvalue weighted by Gasteiger charge is 2.08. The number of ether oxygens (including phenoxy) is 3. The monoisotopic (exact) mass is 446 g/mol. The second-order valence-corrected chi connectivity index (χ2v) is 7.89. The third-order valence-corrected chi connectivity index (χ3v) is 5.61. The lowest BCUT2D eigenvalue weighted by Crippen LogP contribution is -2.07. The number of fused-ring (bicyclic) bond motifs is 1. The molecule has 1 aromatic heterocycles. The maximum absolute atomic E-state index is 12.4. The summed E-state index contributed by atoms with van der Waals surface area (Å²) in [4.78, 5) is 16.8. The minimum absolute atomic E-state index is 0.264. The first-order chi connectivity index (χ1) is 15.6. The lowest BCUT2D eigenvalue weighted by atomic mass is 10.2. The molecule has 0 saturated heterocycles. The summed E-state index contributed by atoms with van der Waals surface area (Å²) in [7, 11) is 3.21. The highest BCUT2D eigenvalue weighted by Crippen LogP contribution is 2.30. The van der Waals surface area contributed by atoms with E-state index in [1.54, 1.807) is 20.3 Å². The Hall–Kier alpha value is -3.84. The van der Waals surface area contributed by atoms with Crippen LogP contribution in [0.2, 0.25) is 0 Å². The van der Waals surface area contributed by atoms with Gasteiger partial charge in [0.05, 0.1) is 24.4 Å². The van der Waals surface area contributed by atoms with Crippen LogP contribution in [-0.4, -0.2) is 25.1 Å². The SMILES string of the molecule is COc1ccc2nc(NC(=O)/C=C/c3ccc(OCc4ccccc4)c(OC)c3)sc2c1. The zero-order valence-electron chi connectivity index (χ0n) is 17.7. The zero-order chi connectivity index (χ0) is 22.3. The topological polar surface area (TPSA) is 69.7 Å². The molecule has 0 saturated carbocycles. The normalized spacial score (nSPS) is 10.9. The molecule has 32 heavy (non-hydrogen) atoms. The van der Waals surface area contributed by atoms with Crippen LogP contribution in [0.3, 0.4) is 0 Å². The van der Waals surface area contributed by atoms with Crippen molar-refractivity contribution in [2.75, 3.05) is 19.5 Å². The van der Waals surface area contributed by atoms with Gasteiger partial charge in [0.1, 0.15) is 12.4 Å². The molecule has 3 aromatic carbocycles. The fraction of sp³-hybridized carbons (Fsp3) is 0.120. The molecule has 0 fully saturated rings. The van der Waals surface area contributed by atoms with E-state index in [1.165, 1.54) is 17.4 Å². The number of thiazole rings is 1. The lowest BCUT2D eigenvalue weighted by Gasteiger charge is -2.11. The summed E-state index contributed by atoms with van der Waals surface area (Å²) in [6.45, 7) is 0.447. The van der Waals surface area contributed by atoms with Gasteiger partial charge in [0.2, 0.25) is 5.91 Å². The molecule has 0 aliphatic heterocycles. The summed E-state index contributed by atoms with van der Waals surface area (Å²) < 4.78 is 17.5. The van der Waals surface area contributed by atoms with Crippen molar-refractivity contribution in [3.05, 3.63) is 83.9 Å². The third-order valence-electron chi connectivity index (χ3n) is 4.68. The minimum Gasteiger partial charge on any atom is -0.497 e. The Morgan fingerprint density at radius 3 is 2.62 bits per heavy atom. The summed E-state index contributed by atoms with van der Waals surface area (Å²) in [6.07, 6.45) is 3.18. The lowest BCUT2D eigenvalue weighted by molar-refractivity contribution is -0.111. The standard InChI is InChI=1S/C25H22N2O4S/c1-29-19-10-11-20-23(15-19)32-25(26-20)27-24(28)13-9-17-8-12-21(22(14-17)30-2)31-16-18-6-4-3-5-7-18/h3-15H,16H2,1-2H3,(H,26,27,28)/b13-9+. The Balaban J connectivity index is 1.40. The Bertz CT molecular complexity index is 1250. The summed E-state index contributed by atoms with van der Waals surface area (Å²) in [5.41, 5.74) is 2.70. The molecule has 6 nitrogen and oxygen atoms in total. The number of hydrogen-bond acceptors (Lipinski definition) is 6. The first-order valence-corrected chi connectivity index (χ1v) is 10.7. The molecule has 0 unspecified atom stereocenters. The average molecular weight is 447 g/mol. The van der Waals surface area contributed by atoms with Gasteiger partial charge in [-0.15, -0.1) is 0 Å². The third kappa shape index (κ3) is 5.25. The molecule has 0 aliphatic rings. The van der Waals surface area contributed by atoms with Crippen molar-refractivity contribution in [3.63, 3.8) is 0 Å². The number of amides is 1. The van der Waals surface area contributed by atoms with Gasteiger partial charge >= 0.3 is 0 Å². The number of nitrogens with one attached hydrogen (secondary N) is 1. The second kappa shape index (κ2) is 9.98. The fourth-order valence-electron chi connectivity index (χ4n) is 3.05. The van der Waals surface area contributed by atoms with Crippen LogP contribution in [0, 0.1) is 0 Å². The number of anilines is 1. The van der Waals surface area contributed by atoms with Gasteiger partial charge in [0, 0.05) is 6.08 Å². The van der Waals surface area contributed by atoms with E-state index in [-0.39, 0.29) is 5.91 Å². The van der Waals surface area contributed by atoms with Crippen molar-refractivity contribution in [1.82, 2.24) is 4.98 Å². The molecule has 0 aliphatic carbocycles. The summed E-state index contributed by atoms with van der Waals surface area (Å²) in [6, 6.07) is 21.1. The Morgan fingerprint density at radius 2 is 1.84 bits per heavy atom. The van der Waals surface area contributed by atoms with E-state index in [0.717, 1.165) is 27.1 Å². The maximum Gasteiger partial charge on any atom is 0.250 e. The zero-order valence-corrected chi connectivity index (χ0v) is 18.5. The molecule has 1 N–H and O–H groups in total.